The molecule has 7 nitrogen and oxygen atoms in total. The number of nitrogens with zero attached hydrogens (tertiary/aromatic N) is 1. The maximum Gasteiger partial charge on any atom is 0.282 e. The molecule has 0 bridgehead atoms. The molecule has 2 aromatic heterocycles. The second-order valence-electron chi connectivity index (χ2n) is 7.57. The second-order valence-corrected chi connectivity index (χ2v) is 9.76. The van der Waals surface area contributed by atoms with Crippen LogP contribution in [0.1, 0.15) is 21.6 Å². The number of carbonyl (C=O) groups is 1. The summed E-state index contributed by atoms with van der Waals surface area (Å²) in [6.07, 6.45) is 2.39. The zero-order valence-corrected chi connectivity index (χ0v) is 18.9. The van der Waals surface area contributed by atoms with E-state index in [0.717, 1.165) is 17.4 Å². The number of aryl methyl sites for hydroxylation is 1. The van der Waals surface area contributed by atoms with Gasteiger partial charge in [0, 0.05) is 39.8 Å². The van der Waals surface area contributed by atoms with Gasteiger partial charge in [0.05, 0.1) is 6.26 Å². The lowest BCUT2D eigenvalue weighted by atomic mass is 10.0. The maximum atomic E-state index is 13.2. The molecule has 0 saturated heterocycles. The molecule has 0 unspecified atom stereocenters. The first-order valence-corrected chi connectivity index (χ1v) is 12.0. The summed E-state index contributed by atoms with van der Waals surface area (Å²) in [5.41, 5.74) is 2.85. The number of pyridine rings is 1. The zero-order valence-electron chi connectivity index (χ0n) is 17.3. The standard InChI is InChI=1S/C23H20ClN3O4S/c1-14-5-7-15(8-6-14)13-27-19-10-9-16(24)12-18(19)20(17-4-3-11-25-22(17)28)21(27)23(29)26-32(2,30)31/h3-12H,13H2,1-2H3,(H,25,28)(H,26,29). The fourth-order valence-electron chi connectivity index (χ4n) is 3.71. The Hall–Kier alpha value is -3.36. The molecular formula is C23H20ClN3O4S. The van der Waals surface area contributed by atoms with Crippen LogP contribution in [0.15, 0.2) is 65.6 Å². The normalized spacial score (nSPS) is 11.6. The Morgan fingerprint density at radius 2 is 1.84 bits per heavy atom. The number of H-pyrrole nitrogens is 1. The summed E-state index contributed by atoms with van der Waals surface area (Å²) in [5, 5.41) is 0.994. The number of fused-ring (bicyclic) bond motifs is 1. The van der Waals surface area contributed by atoms with Crippen molar-refractivity contribution < 1.29 is 13.2 Å². The smallest absolute Gasteiger partial charge is 0.282 e. The minimum Gasteiger partial charge on any atom is -0.331 e. The number of amides is 1. The van der Waals surface area contributed by atoms with Crippen molar-refractivity contribution in [2.75, 3.05) is 6.26 Å². The summed E-state index contributed by atoms with van der Waals surface area (Å²) in [4.78, 5) is 28.5. The minimum absolute atomic E-state index is 0.0602. The SMILES string of the molecule is Cc1ccc(Cn2c(C(=O)NS(C)(=O)=O)c(-c3ccc[nH]c3=O)c3cc(Cl)ccc32)cc1. The number of aromatic amines is 1. The van der Waals surface area contributed by atoms with Gasteiger partial charge in [-0.2, -0.15) is 0 Å². The predicted octanol–water partition coefficient (Wildman–Crippen LogP) is 3.70. The van der Waals surface area contributed by atoms with Crippen molar-refractivity contribution in [3.05, 3.63) is 93.0 Å². The molecule has 164 valence electrons. The van der Waals surface area contributed by atoms with E-state index in [1.807, 2.05) is 35.9 Å². The van der Waals surface area contributed by atoms with Crippen molar-refractivity contribution >= 4 is 38.4 Å². The molecule has 32 heavy (non-hydrogen) atoms. The Kier molecular flexibility index (Phi) is 5.66. The molecule has 0 aliphatic carbocycles. The van der Waals surface area contributed by atoms with Crippen LogP contribution in [0.3, 0.4) is 0 Å². The van der Waals surface area contributed by atoms with Crippen molar-refractivity contribution in [1.29, 1.82) is 0 Å². The number of rotatable bonds is 5. The molecule has 2 heterocycles. The molecule has 0 saturated carbocycles. The number of benzene rings is 2. The highest BCUT2D eigenvalue weighted by Crippen LogP contribution is 2.36. The zero-order chi connectivity index (χ0) is 23.0. The van der Waals surface area contributed by atoms with Crippen molar-refractivity contribution in [2.24, 2.45) is 0 Å². The molecular weight excluding hydrogens is 450 g/mol. The highest BCUT2D eigenvalue weighted by Gasteiger charge is 2.27. The van der Waals surface area contributed by atoms with Crippen LogP contribution in [-0.4, -0.2) is 30.1 Å². The van der Waals surface area contributed by atoms with Gasteiger partial charge in [-0.15, -0.1) is 0 Å². The Morgan fingerprint density at radius 3 is 2.50 bits per heavy atom. The van der Waals surface area contributed by atoms with E-state index in [1.54, 1.807) is 34.9 Å². The van der Waals surface area contributed by atoms with E-state index in [4.69, 9.17) is 11.6 Å². The summed E-state index contributed by atoms with van der Waals surface area (Å²) in [5.74, 6) is -0.829. The molecule has 4 aromatic rings. The van der Waals surface area contributed by atoms with Crippen LogP contribution in [-0.2, 0) is 16.6 Å². The average molecular weight is 470 g/mol. The van der Waals surface area contributed by atoms with Gasteiger partial charge in [-0.05, 0) is 42.8 Å². The molecule has 0 aliphatic rings. The molecule has 9 heteroatoms. The first-order valence-electron chi connectivity index (χ1n) is 9.71. The molecule has 0 spiro atoms. The van der Waals surface area contributed by atoms with E-state index in [1.165, 1.54) is 6.20 Å². The van der Waals surface area contributed by atoms with E-state index >= 15 is 0 Å². The van der Waals surface area contributed by atoms with Gasteiger partial charge in [-0.25, -0.2) is 13.1 Å². The fourth-order valence-corrected chi connectivity index (χ4v) is 4.32. The number of aromatic nitrogens is 2. The number of hydrogen-bond donors (Lipinski definition) is 2. The van der Waals surface area contributed by atoms with Gasteiger partial charge in [0.15, 0.2) is 0 Å². The van der Waals surface area contributed by atoms with E-state index in [0.29, 0.717) is 21.5 Å². The van der Waals surface area contributed by atoms with Gasteiger partial charge in [-0.1, -0.05) is 41.4 Å². The van der Waals surface area contributed by atoms with E-state index < -0.39 is 21.5 Å². The maximum absolute atomic E-state index is 13.2. The molecule has 0 aliphatic heterocycles. The van der Waals surface area contributed by atoms with Crippen LogP contribution in [0.4, 0.5) is 0 Å². The van der Waals surface area contributed by atoms with Crippen LogP contribution in [0.25, 0.3) is 22.0 Å². The van der Waals surface area contributed by atoms with Crippen LogP contribution in [0, 0.1) is 6.92 Å². The first kappa shape index (κ1) is 21.9. The Balaban J connectivity index is 2.07. The van der Waals surface area contributed by atoms with Gasteiger partial charge in [-0.3, -0.25) is 9.59 Å². The quantitative estimate of drug-likeness (QED) is 0.465. The molecule has 0 fully saturated rings. The van der Waals surface area contributed by atoms with Crippen molar-refractivity contribution in [3.63, 3.8) is 0 Å². The topological polar surface area (TPSA) is 101 Å². The summed E-state index contributed by atoms with van der Waals surface area (Å²) < 4.78 is 27.5. The van der Waals surface area contributed by atoms with Gasteiger partial charge in [0.25, 0.3) is 11.5 Å². The molecule has 0 atom stereocenters. The van der Waals surface area contributed by atoms with Gasteiger partial charge < -0.3 is 9.55 Å². The second kappa shape index (κ2) is 8.29. The number of nitrogens with one attached hydrogen (secondary N) is 2. The predicted molar refractivity (Wildman–Crippen MR) is 126 cm³/mol. The summed E-state index contributed by atoms with van der Waals surface area (Å²) >= 11 is 6.25. The molecule has 2 N–H and O–H groups in total. The lowest BCUT2D eigenvalue weighted by Crippen LogP contribution is -2.31. The van der Waals surface area contributed by atoms with Crippen molar-refractivity contribution in [3.8, 4) is 11.1 Å². The number of hydrogen-bond acceptors (Lipinski definition) is 4. The molecule has 2 aromatic carbocycles. The van der Waals surface area contributed by atoms with Crippen LogP contribution in [0.5, 0.6) is 0 Å². The van der Waals surface area contributed by atoms with Gasteiger partial charge in [0.1, 0.15) is 5.69 Å². The molecule has 1 amide bonds. The average Bonchev–Trinajstić information content (AvgIpc) is 3.02. The Bertz CT molecular complexity index is 1500. The summed E-state index contributed by atoms with van der Waals surface area (Å²) in [7, 11) is -3.85. The lowest BCUT2D eigenvalue weighted by molar-refractivity contribution is 0.0974. The highest BCUT2D eigenvalue weighted by molar-refractivity contribution is 7.89. The molecule has 0 radical (unpaired) electrons. The van der Waals surface area contributed by atoms with E-state index in [-0.39, 0.29) is 17.8 Å². The van der Waals surface area contributed by atoms with Crippen LogP contribution < -0.4 is 10.3 Å². The third-order valence-electron chi connectivity index (χ3n) is 5.07. The first-order chi connectivity index (χ1) is 15.1. The van der Waals surface area contributed by atoms with E-state index in [9.17, 15) is 18.0 Å². The minimum atomic E-state index is -3.85. The number of halogens is 1. The Labute approximate surface area is 189 Å². The highest BCUT2D eigenvalue weighted by atomic mass is 35.5. The van der Waals surface area contributed by atoms with Gasteiger partial charge >= 0.3 is 0 Å². The molecule has 4 rings (SSSR count). The lowest BCUT2D eigenvalue weighted by Gasteiger charge is -2.12. The summed E-state index contributed by atoms with van der Waals surface area (Å²) in [6.45, 7) is 2.26. The summed E-state index contributed by atoms with van der Waals surface area (Å²) in [6, 6.07) is 16.1. The third-order valence-corrected chi connectivity index (χ3v) is 5.86. The fraction of sp³-hybridized carbons (Fsp3) is 0.130. The van der Waals surface area contributed by atoms with Crippen molar-refractivity contribution in [2.45, 2.75) is 13.5 Å². The van der Waals surface area contributed by atoms with Crippen molar-refractivity contribution in [1.82, 2.24) is 14.3 Å². The van der Waals surface area contributed by atoms with Crippen LogP contribution in [0.2, 0.25) is 5.02 Å². The number of sulfonamides is 1. The number of carbonyl (C=O) groups excluding carboxylic acids is 1. The Morgan fingerprint density at radius 1 is 1.12 bits per heavy atom. The monoisotopic (exact) mass is 469 g/mol. The van der Waals surface area contributed by atoms with E-state index in [2.05, 4.69) is 4.98 Å². The largest absolute Gasteiger partial charge is 0.331 e. The van der Waals surface area contributed by atoms with Gasteiger partial charge in [0.2, 0.25) is 10.0 Å². The van der Waals surface area contributed by atoms with Crippen LogP contribution >= 0.6 is 11.6 Å². The third kappa shape index (κ3) is 4.32.